The number of aromatic nitrogens is 2. The lowest BCUT2D eigenvalue weighted by molar-refractivity contribution is -0.388. The number of nitro groups is 1. The van der Waals surface area contributed by atoms with Gasteiger partial charge in [0.15, 0.2) is 0 Å². The highest BCUT2D eigenvalue weighted by Gasteiger charge is 2.38. The van der Waals surface area contributed by atoms with Crippen LogP contribution in [0.25, 0.3) is 16.9 Å². The van der Waals surface area contributed by atoms with Crippen molar-refractivity contribution in [3.8, 4) is 16.9 Å². The molecule has 0 spiro atoms. The van der Waals surface area contributed by atoms with Crippen LogP contribution in [0.3, 0.4) is 0 Å². The quantitative estimate of drug-likeness (QED) is 0.310. The zero-order valence-electron chi connectivity index (χ0n) is 16.8. The van der Waals surface area contributed by atoms with Gasteiger partial charge in [-0.15, -0.1) is 0 Å². The van der Waals surface area contributed by atoms with Gasteiger partial charge in [-0.3, -0.25) is 14.9 Å². The highest BCUT2D eigenvalue weighted by atomic mass is 19.4. The second-order valence-electron chi connectivity index (χ2n) is 6.98. The Labute approximate surface area is 185 Å². The number of nitrogens with one attached hydrogen (secondary N) is 1. The van der Waals surface area contributed by atoms with Gasteiger partial charge in [-0.2, -0.15) is 18.3 Å². The second kappa shape index (κ2) is 8.58. The molecule has 7 nitrogen and oxygen atoms in total. The molecule has 0 atom stereocenters. The first-order valence-corrected chi connectivity index (χ1v) is 9.61. The summed E-state index contributed by atoms with van der Waals surface area (Å²) in [7, 11) is 0. The van der Waals surface area contributed by atoms with Crippen LogP contribution >= 0.6 is 0 Å². The number of rotatable bonds is 5. The maximum Gasteiger partial charge on any atom is 0.423 e. The molecule has 0 unspecified atom stereocenters. The van der Waals surface area contributed by atoms with E-state index in [4.69, 9.17) is 0 Å². The van der Waals surface area contributed by atoms with Gasteiger partial charge in [0.25, 0.3) is 11.6 Å². The largest absolute Gasteiger partial charge is 0.423 e. The summed E-state index contributed by atoms with van der Waals surface area (Å²) in [5.41, 5.74) is -1.01. The number of halogens is 3. The molecule has 10 heteroatoms. The summed E-state index contributed by atoms with van der Waals surface area (Å²) in [6, 6.07) is 20.1. The summed E-state index contributed by atoms with van der Waals surface area (Å²) >= 11 is 0. The number of benzene rings is 3. The number of carbonyl (C=O) groups is 1. The van der Waals surface area contributed by atoms with Gasteiger partial charge < -0.3 is 5.32 Å². The van der Waals surface area contributed by atoms with E-state index < -0.39 is 28.3 Å². The predicted octanol–water partition coefficient (Wildman–Crippen LogP) is 5.72. The normalized spacial score (nSPS) is 11.2. The third-order valence-corrected chi connectivity index (χ3v) is 4.78. The predicted molar refractivity (Wildman–Crippen MR) is 115 cm³/mol. The highest BCUT2D eigenvalue weighted by Crippen LogP contribution is 2.37. The molecular weight excluding hydrogens is 437 g/mol. The molecule has 1 amide bonds. The molecule has 0 radical (unpaired) electrons. The lowest BCUT2D eigenvalue weighted by atomic mass is 10.1. The number of anilines is 1. The van der Waals surface area contributed by atoms with Gasteiger partial charge >= 0.3 is 6.18 Å². The molecule has 4 rings (SSSR count). The van der Waals surface area contributed by atoms with Crippen LogP contribution < -0.4 is 5.32 Å². The minimum absolute atomic E-state index is 0.122. The molecule has 0 saturated heterocycles. The minimum Gasteiger partial charge on any atom is -0.322 e. The number of para-hydroxylation sites is 1. The molecule has 0 fully saturated rings. The Morgan fingerprint density at radius 1 is 0.970 bits per heavy atom. The van der Waals surface area contributed by atoms with Crippen molar-refractivity contribution in [2.24, 2.45) is 0 Å². The maximum atomic E-state index is 13.3. The summed E-state index contributed by atoms with van der Waals surface area (Å²) in [5.74, 6) is -0.710. The van der Waals surface area contributed by atoms with Crippen LogP contribution in [0.1, 0.15) is 15.9 Å². The van der Waals surface area contributed by atoms with Crippen LogP contribution in [0, 0.1) is 10.1 Å². The molecule has 166 valence electrons. The number of hydrogen-bond acceptors (Lipinski definition) is 4. The van der Waals surface area contributed by atoms with Gasteiger partial charge in [-0.1, -0.05) is 48.5 Å². The van der Waals surface area contributed by atoms with Crippen molar-refractivity contribution < 1.29 is 22.9 Å². The Morgan fingerprint density at radius 2 is 1.61 bits per heavy atom. The summed E-state index contributed by atoms with van der Waals surface area (Å²) < 4.78 is 41.4. The van der Waals surface area contributed by atoms with Gasteiger partial charge in [-0.25, -0.2) is 4.68 Å². The van der Waals surface area contributed by atoms with E-state index >= 15 is 0 Å². The molecule has 1 aromatic heterocycles. The molecule has 4 aromatic rings. The van der Waals surface area contributed by atoms with E-state index in [1.165, 1.54) is 10.9 Å². The maximum absolute atomic E-state index is 13.3. The second-order valence-corrected chi connectivity index (χ2v) is 6.98. The molecule has 1 N–H and O–H groups in total. The lowest BCUT2D eigenvalue weighted by Gasteiger charge is -2.10. The SMILES string of the molecule is O=C(Nc1ccc([N+](=O)[O-])c(C(F)(F)F)c1)c1cn(-c2ccccc2)nc1-c1ccccc1. The number of amides is 1. The number of carbonyl (C=O) groups excluding carboxylic acids is 1. The Balaban J connectivity index is 1.74. The van der Waals surface area contributed by atoms with Crippen LogP contribution in [0.2, 0.25) is 0 Å². The summed E-state index contributed by atoms with van der Waals surface area (Å²) in [6.07, 6.45) is -3.49. The van der Waals surface area contributed by atoms with Gasteiger partial charge in [-0.05, 0) is 24.3 Å². The number of nitro benzene ring substituents is 1. The van der Waals surface area contributed by atoms with Gasteiger partial charge in [0.2, 0.25) is 0 Å². The third-order valence-electron chi connectivity index (χ3n) is 4.78. The fourth-order valence-electron chi connectivity index (χ4n) is 3.26. The fourth-order valence-corrected chi connectivity index (χ4v) is 3.26. The van der Waals surface area contributed by atoms with Gasteiger partial charge in [0.05, 0.1) is 16.2 Å². The first-order valence-electron chi connectivity index (χ1n) is 9.61. The fraction of sp³-hybridized carbons (Fsp3) is 0.0435. The third kappa shape index (κ3) is 4.59. The summed E-state index contributed by atoms with van der Waals surface area (Å²) in [5, 5.41) is 17.9. The van der Waals surface area contributed by atoms with Crippen molar-refractivity contribution in [3.05, 3.63) is 106 Å². The molecule has 33 heavy (non-hydrogen) atoms. The lowest BCUT2D eigenvalue weighted by Crippen LogP contribution is -2.14. The highest BCUT2D eigenvalue weighted by molar-refractivity contribution is 6.08. The van der Waals surface area contributed by atoms with Crippen molar-refractivity contribution >= 4 is 17.3 Å². The van der Waals surface area contributed by atoms with Crippen molar-refractivity contribution in [2.75, 3.05) is 5.32 Å². The number of hydrogen-bond donors (Lipinski definition) is 1. The van der Waals surface area contributed by atoms with Crippen LogP contribution in [0.4, 0.5) is 24.5 Å². The van der Waals surface area contributed by atoms with E-state index in [-0.39, 0.29) is 11.3 Å². The summed E-state index contributed by atoms with van der Waals surface area (Å²) in [4.78, 5) is 22.9. The van der Waals surface area contributed by atoms with Gasteiger partial charge in [0, 0.05) is 23.5 Å². The van der Waals surface area contributed by atoms with Crippen LogP contribution in [0.5, 0.6) is 0 Å². The smallest absolute Gasteiger partial charge is 0.322 e. The molecule has 0 aliphatic heterocycles. The standard InChI is InChI=1S/C23H15F3N4O3/c24-23(25,26)19-13-16(11-12-20(19)30(32)33)27-22(31)18-14-29(17-9-5-2-6-10-17)28-21(18)15-7-3-1-4-8-15/h1-14H,(H,27,31). The van der Waals surface area contributed by atoms with Crippen LogP contribution in [-0.4, -0.2) is 20.6 Å². The summed E-state index contributed by atoms with van der Waals surface area (Å²) in [6.45, 7) is 0. The van der Waals surface area contributed by atoms with E-state index in [2.05, 4.69) is 10.4 Å². The Hall–Kier alpha value is -4.47. The topological polar surface area (TPSA) is 90.1 Å². The molecule has 0 bridgehead atoms. The van der Waals surface area contributed by atoms with Crippen LogP contribution in [0.15, 0.2) is 85.1 Å². The molecule has 0 aliphatic carbocycles. The Kier molecular flexibility index (Phi) is 5.65. The molecule has 0 saturated carbocycles. The van der Waals surface area contributed by atoms with Crippen molar-refractivity contribution in [3.63, 3.8) is 0 Å². The number of alkyl halides is 3. The number of nitrogens with zero attached hydrogens (tertiary/aromatic N) is 3. The molecule has 1 heterocycles. The van der Waals surface area contributed by atoms with E-state index in [9.17, 15) is 28.1 Å². The van der Waals surface area contributed by atoms with Crippen molar-refractivity contribution in [1.29, 1.82) is 0 Å². The average Bonchev–Trinajstić information content (AvgIpc) is 3.25. The Morgan fingerprint density at radius 3 is 2.21 bits per heavy atom. The van der Waals surface area contributed by atoms with Crippen molar-refractivity contribution in [1.82, 2.24) is 9.78 Å². The van der Waals surface area contributed by atoms with Crippen molar-refractivity contribution in [2.45, 2.75) is 6.18 Å². The average molecular weight is 452 g/mol. The zero-order chi connectivity index (χ0) is 23.6. The van der Waals surface area contributed by atoms with Gasteiger partial charge in [0.1, 0.15) is 11.3 Å². The molecule has 3 aromatic carbocycles. The van der Waals surface area contributed by atoms with E-state index in [0.717, 1.165) is 6.07 Å². The van der Waals surface area contributed by atoms with E-state index in [0.29, 0.717) is 29.1 Å². The molecule has 0 aliphatic rings. The Bertz CT molecular complexity index is 1320. The van der Waals surface area contributed by atoms with Crippen LogP contribution in [-0.2, 0) is 6.18 Å². The van der Waals surface area contributed by atoms with E-state index in [1.807, 2.05) is 6.07 Å². The first kappa shape index (κ1) is 21.8. The first-order chi connectivity index (χ1) is 15.7. The minimum atomic E-state index is -4.96. The molecular formula is C23H15F3N4O3. The van der Waals surface area contributed by atoms with E-state index in [1.54, 1.807) is 54.6 Å². The monoisotopic (exact) mass is 452 g/mol. The zero-order valence-corrected chi connectivity index (χ0v) is 16.8.